The van der Waals surface area contributed by atoms with Crippen molar-refractivity contribution in [1.82, 2.24) is 0 Å². The lowest BCUT2D eigenvalue weighted by atomic mass is 9.81. The molecule has 2 rings (SSSR count). The van der Waals surface area contributed by atoms with Gasteiger partial charge in [0.2, 0.25) is 0 Å². The van der Waals surface area contributed by atoms with Crippen LogP contribution >= 0.6 is 0 Å². The van der Waals surface area contributed by atoms with Gasteiger partial charge in [0.1, 0.15) is 0 Å². The number of rotatable bonds is 1. The first-order chi connectivity index (χ1) is 6.55. The van der Waals surface area contributed by atoms with Crippen LogP contribution in [-0.2, 0) is 11.8 Å². The second-order valence-electron chi connectivity index (χ2n) is 4.82. The van der Waals surface area contributed by atoms with Gasteiger partial charge in [-0.1, -0.05) is 32.9 Å². The van der Waals surface area contributed by atoms with Crippen molar-refractivity contribution in [2.75, 3.05) is 5.32 Å². The van der Waals surface area contributed by atoms with E-state index in [2.05, 4.69) is 51.2 Å². The van der Waals surface area contributed by atoms with Crippen molar-refractivity contribution in [1.29, 1.82) is 0 Å². The molecule has 1 aromatic rings. The monoisotopic (exact) mass is 189 g/mol. The molecule has 1 aliphatic heterocycles. The molecule has 0 aromatic heterocycles. The standard InChI is InChI=1S/C13H19N/c1-5-10-6-7-12-11(8-10)13(3,4)9(2)14-12/h6-9,14H,5H2,1-4H3. The van der Waals surface area contributed by atoms with Crippen LogP contribution in [0.1, 0.15) is 38.8 Å². The van der Waals surface area contributed by atoms with Crippen LogP contribution in [0.3, 0.4) is 0 Å². The summed E-state index contributed by atoms with van der Waals surface area (Å²) in [7, 11) is 0. The van der Waals surface area contributed by atoms with E-state index in [9.17, 15) is 0 Å². The van der Waals surface area contributed by atoms with Crippen molar-refractivity contribution in [3.05, 3.63) is 29.3 Å². The quantitative estimate of drug-likeness (QED) is 0.714. The highest BCUT2D eigenvalue weighted by Gasteiger charge is 2.36. The van der Waals surface area contributed by atoms with Gasteiger partial charge in [0.25, 0.3) is 0 Å². The Morgan fingerprint density at radius 3 is 2.71 bits per heavy atom. The number of nitrogens with one attached hydrogen (secondary N) is 1. The molecular formula is C13H19N. The van der Waals surface area contributed by atoms with Crippen molar-refractivity contribution >= 4 is 5.69 Å². The van der Waals surface area contributed by atoms with E-state index >= 15 is 0 Å². The van der Waals surface area contributed by atoms with Crippen molar-refractivity contribution < 1.29 is 0 Å². The summed E-state index contributed by atoms with van der Waals surface area (Å²) < 4.78 is 0. The Bertz CT molecular complexity index is 352. The highest BCUT2D eigenvalue weighted by molar-refractivity contribution is 5.62. The molecular weight excluding hydrogens is 170 g/mol. The smallest absolute Gasteiger partial charge is 0.0381 e. The van der Waals surface area contributed by atoms with E-state index in [4.69, 9.17) is 0 Å². The Hall–Kier alpha value is -0.980. The third kappa shape index (κ3) is 1.23. The van der Waals surface area contributed by atoms with Gasteiger partial charge in [-0.2, -0.15) is 0 Å². The SMILES string of the molecule is CCc1ccc2c(c1)C(C)(C)C(C)N2. The van der Waals surface area contributed by atoms with Gasteiger partial charge in [-0.25, -0.2) is 0 Å². The Kier molecular flexibility index (Phi) is 2.06. The predicted octanol–water partition coefficient (Wildman–Crippen LogP) is 3.34. The molecule has 0 saturated heterocycles. The molecule has 0 spiro atoms. The highest BCUT2D eigenvalue weighted by Crippen LogP contribution is 2.40. The Morgan fingerprint density at radius 2 is 2.07 bits per heavy atom. The molecule has 0 saturated carbocycles. The fourth-order valence-electron chi connectivity index (χ4n) is 2.12. The maximum atomic E-state index is 3.54. The second-order valence-corrected chi connectivity index (χ2v) is 4.82. The molecule has 14 heavy (non-hydrogen) atoms. The molecule has 1 heterocycles. The largest absolute Gasteiger partial charge is 0.381 e. The van der Waals surface area contributed by atoms with E-state index in [-0.39, 0.29) is 5.41 Å². The maximum Gasteiger partial charge on any atom is 0.0381 e. The van der Waals surface area contributed by atoms with Crippen LogP contribution in [0, 0.1) is 0 Å². The van der Waals surface area contributed by atoms with Gasteiger partial charge in [-0.3, -0.25) is 0 Å². The first-order valence-electron chi connectivity index (χ1n) is 5.45. The zero-order valence-electron chi connectivity index (χ0n) is 9.52. The highest BCUT2D eigenvalue weighted by atomic mass is 15.0. The molecule has 0 radical (unpaired) electrons. The lowest BCUT2D eigenvalue weighted by Gasteiger charge is -2.24. The number of anilines is 1. The summed E-state index contributed by atoms with van der Waals surface area (Å²) in [6.45, 7) is 9.10. The number of hydrogen-bond donors (Lipinski definition) is 1. The molecule has 1 atom stereocenters. The molecule has 1 aliphatic rings. The van der Waals surface area contributed by atoms with Gasteiger partial charge in [0.05, 0.1) is 0 Å². The fourth-order valence-corrected chi connectivity index (χ4v) is 2.12. The summed E-state index contributed by atoms with van der Waals surface area (Å²) in [6.07, 6.45) is 1.12. The molecule has 1 nitrogen and oxygen atoms in total. The van der Waals surface area contributed by atoms with Crippen LogP contribution in [0.5, 0.6) is 0 Å². The number of fused-ring (bicyclic) bond motifs is 1. The van der Waals surface area contributed by atoms with Gasteiger partial charge in [-0.05, 0) is 30.5 Å². The van der Waals surface area contributed by atoms with Crippen molar-refractivity contribution in [2.45, 2.75) is 45.6 Å². The first kappa shape index (κ1) is 9.57. The minimum Gasteiger partial charge on any atom is -0.381 e. The van der Waals surface area contributed by atoms with Gasteiger partial charge >= 0.3 is 0 Å². The second kappa shape index (κ2) is 3.01. The molecule has 1 aromatic carbocycles. The van der Waals surface area contributed by atoms with E-state index in [0.717, 1.165) is 6.42 Å². The Balaban J connectivity index is 2.51. The minimum absolute atomic E-state index is 0.264. The molecule has 0 aliphatic carbocycles. The number of hydrogen-bond acceptors (Lipinski definition) is 1. The average Bonchev–Trinajstić information content (AvgIpc) is 2.38. The molecule has 1 N–H and O–H groups in total. The molecule has 1 heteroatoms. The topological polar surface area (TPSA) is 12.0 Å². The summed E-state index contributed by atoms with van der Waals surface area (Å²) in [4.78, 5) is 0. The number of benzene rings is 1. The fraction of sp³-hybridized carbons (Fsp3) is 0.538. The average molecular weight is 189 g/mol. The van der Waals surface area contributed by atoms with Crippen LogP contribution in [0.15, 0.2) is 18.2 Å². The molecule has 0 fully saturated rings. The van der Waals surface area contributed by atoms with E-state index in [0.29, 0.717) is 6.04 Å². The minimum atomic E-state index is 0.264. The normalized spacial score (nSPS) is 23.0. The summed E-state index contributed by atoms with van der Waals surface area (Å²) in [6, 6.07) is 7.33. The lowest BCUT2D eigenvalue weighted by molar-refractivity contribution is 0.486. The summed E-state index contributed by atoms with van der Waals surface area (Å²) >= 11 is 0. The predicted molar refractivity (Wildman–Crippen MR) is 61.9 cm³/mol. The van der Waals surface area contributed by atoms with Gasteiger partial charge < -0.3 is 5.32 Å². The van der Waals surface area contributed by atoms with Crippen LogP contribution < -0.4 is 5.32 Å². The van der Waals surface area contributed by atoms with Gasteiger partial charge in [-0.15, -0.1) is 0 Å². The maximum absolute atomic E-state index is 3.54. The third-order valence-corrected chi connectivity index (χ3v) is 3.64. The summed E-state index contributed by atoms with van der Waals surface area (Å²) in [5.41, 5.74) is 4.50. The van der Waals surface area contributed by atoms with E-state index in [1.165, 1.54) is 16.8 Å². The summed E-state index contributed by atoms with van der Waals surface area (Å²) in [5, 5.41) is 3.54. The summed E-state index contributed by atoms with van der Waals surface area (Å²) in [5.74, 6) is 0. The van der Waals surface area contributed by atoms with Gasteiger partial charge in [0.15, 0.2) is 0 Å². The zero-order valence-corrected chi connectivity index (χ0v) is 9.52. The third-order valence-electron chi connectivity index (χ3n) is 3.64. The van der Waals surface area contributed by atoms with Crippen LogP contribution in [0.4, 0.5) is 5.69 Å². The van der Waals surface area contributed by atoms with Crippen LogP contribution in [0.25, 0.3) is 0 Å². The van der Waals surface area contributed by atoms with Crippen molar-refractivity contribution in [2.24, 2.45) is 0 Å². The molecule has 0 bridgehead atoms. The molecule has 1 unspecified atom stereocenters. The first-order valence-corrected chi connectivity index (χ1v) is 5.45. The zero-order chi connectivity index (χ0) is 10.3. The van der Waals surface area contributed by atoms with Crippen LogP contribution in [-0.4, -0.2) is 6.04 Å². The number of aryl methyl sites for hydroxylation is 1. The lowest BCUT2D eigenvalue weighted by Crippen LogP contribution is -2.29. The van der Waals surface area contributed by atoms with Gasteiger partial charge in [0, 0.05) is 17.1 Å². The van der Waals surface area contributed by atoms with Crippen molar-refractivity contribution in [3.63, 3.8) is 0 Å². The van der Waals surface area contributed by atoms with E-state index in [1.807, 2.05) is 0 Å². The van der Waals surface area contributed by atoms with E-state index in [1.54, 1.807) is 0 Å². The molecule has 76 valence electrons. The van der Waals surface area contributed by atoms with Crippen LogP contribution in [0.2, 0.25) is 0 Å². The Morgan fingerprint density at radius 1 is 1.36 bits per heavy atom. The van der Waals surface area contributed by atoms with Crippen molar-refractivity contribution in [3.8, 4) is 0 Å². The molecule has 0 amide bonds. The Labute approximate surface area is 86.5 Å². The van der Waals surface area contributed by atoms with E-state index < -0.39 is 0 Å².